The Balaban J connectivity index is 1.33. The number of benzene rings is 8. The van der Waals surface area contributed by atoms with Crippen LogP contribution in [0.1, 0.15) is 50.1 Å². The van der Waals surface area contributed by atoms with Crippen molar-refractivity contribution < 1.29 is 55.8 Å². The van der Waals surface area contributed by atoms with Crippen LogP contribution in [0.15, 0.2) is 72.8 Å². The summed E-state index contributed by atoms with van der Waals surface area (Å²) in [6, 6.07) is 17.9. The van der Waals surface area contributed by atoms with E-state index in [4.69, 9.17) is 4.74 Å². The second-order valence-corrected chi connectivity index (χ2v) is 14.9. The van der Waals surface area contributed by atoms with E-state index in [1.165, 1.54) is 49.6 Å². The Hall–Kier alpha value is -7.40. The predicted molar refractivity (Wildman–Crippen MR) is 215 cm³/mol. The Morgan fingerprint density at radius 2 is 0.649 bits per heavy atom. The van der Waals surface area contributed by atoms with Crippen molar-refractivity contribution in [3.05, 3.63) is 123 Å². The number of fused-ring (bicyclic) bond motifs is 8. The molecule has 286 valence electrons. The summed E-state index contributed by atoms with van der Waals surface area (Å²) >= 11 is 0. The fourth-order valence-electron chi connectivity index (χ4n) is 8.40. The maximum absolute atomic E-state index is 11.8. The standard InChI is InChI=1S/C46H36O11/c1-19-3-24-6-20-4-21(37(48)17-36(20)47)7-25-10-40(51)29-14-30-34(16-33(29)44(25)54)45(55)26(11-41(30)52)8-22-5-23(39(50)18-38(22)49)9-27-12-42(57-2)31-13-28(19)32(43(24)53)15-35(31)46(27)56/h3-5,10-18,47-56H,6-9H2,1-2H3. The van der Waals surface area contributed by atoms with E-state index in [1.54, 1.807) is 24.3 Å². The maximum Gasteiger partial charge on any atom is 0.127 e. The van der Waals surface area contributed by atoms with Crippen molar-refractivity contribution in [3.63, 3.8) is 0 Å². The highest BCUT2D eigenvalue weighted by Crippen LogP contribution is 2.47. The van der Waals surface area contributed by atoms with Crippen LogP contribution >= 0.6 is 0 Å². The summed E-state index contributed by atoms with van der Waals surface area (Å²) in [5.74, 6) is -1.81. The summed E-state index contributed by atoms with van der Waals surface area (Å²) in [6.07, 6.45) is -0.185. The molecule has 8 aromatic carbocycles. The average Bonchev–Trinajstić information content (AvgIpc) is 3.17. The van der Waals surface area contributed by atoms with Crippen LogP contribution in [0.3, 0.4) is 0 Å². The molecule has 0 spiro atoms. The van der Waals surface area contributed by atoms with Crippen LogP contribution < -0.4 is 4.74 Å². The quantitative estimate of drug-likeness (QED) is 0.0567. The zero-order valence-electron chi connectivity index (χ0n) is 30.6. The van der Waals surface area contributed by atoms with Crippen molar-refractivity contribution in [1.82, 2.24) is 0 Å². The van der Waals surface area contributed by atoms with Crippen molar-refractivity contribution in [1.29, 1.82) is 0 Å². The molecule has 1 aliphatic carbocycles. The van der Waals surface area contributed by atoms with Crippen LogP contribution in [0, 0.1) is 6.92 Å². The zero-order valence-corrected chi connectivity index (χ0v) is 30.6. The van der Waals surface area contributed by atoms with E-state index in [0.717, 1.165) is 5.56 Å². The number of phenols is 10. The molecule has 0 fully saturated rings. The van der Waals surface area contributed by atoms with E-state index in [-0.39, 0.29) is 121 Å². The summed E-state index contributed by atoms with van der Waals surface area (Å²) < 4.78 is 5.77. The first-order valence-corrected chi connectivity index (χ1v) is 18.1. The number of aryl methyl sites for hydroxylation is 1. The van der Waals surface area contributed by atoms with E-state index >= 15 is 0 Å². The molecule has 0 saturated heterocycles. The van der Waals surface area contributed by atoms with E-state index in [1.807, 2.05) is 13.0 Å². The van der Waals surface area contributed by atoms with Crippen LogP contribution in [0.5, 0.6) is 63.2 Å². The van der Waals surface area contributed by atoms with Gasteiger partial charge in [-0.15, -0.1) is 0 Å². The van der Waals surface area contributed by atoms with Gasteiger partial charge < -0.3 is 55.8 Å². The largest absolute Gasteiger partial charge is 0.508 e. The highest BCUT2D eigenvalue weighted by Gasteiger charge is 2.23. The van der Waals surface area contributed by atoms with Gasteiger partial charge in [0.15, 0.2) is 0 Å². The van der Waals surface area contributed by atoms with Gasteiger partial charge in [0.2, 0.25) is 0 Å². The third-order valence-corrected chi connectivity index (χ3v) is 11.4. The lowest BCUT2D eigenvalue weighted by Gasteiger charge is -2.18. The lowest BCUT2D eigenvalue weighted by Crippen LogP contribution is -1.98. The maximum atomic E-state index is 11.8. The molecule has 0 heterocycles. The first kappa shape index (κ1) is 35.3. The molecule has 0 unspecified atom stereocenters. The molecule has 0 radical (unpaired) electrons. The number of hydrogen-bond donors (Lipinski definition) is 10. The molecule has 1 aliphatic rings. The molecule has 0 aliphatic heterocycles. The number of methoxy groups -OCH3 is 1. The minimum atomic E-state index is -0.281. The molecule has 11 heteroatoms. The van der Waals surface area contributed by atoms with E-state index in [2.05, 4.69) is 0 Å². The molecular formula is C46H36O11. The molecule has 10 N–H and O–H groups in total. The van der Waals surface area contributed by atoms with Crippen LogP contribution in [-0.4, -0.2) is 58.2 Å². The molecule has 12 bridgehead atoms. The van der Waals surface area contributed by atoms with Crippen LogP contribution in [-0.2, 0) is 25.7 Å². The lowest BCUT2D eigenvalue weighted by molar-refractivity contribution is 0.417. The summed E-state index contributed by atoms with van der Waals surface area (Å²) in [6.45, 7) is 1.87. The Kier molecular flexibility index (Phi) is 7.79. The van der Waals surface area contributed by atoms with E-state index in [9.17, 15) is 51.1 Å². The number of aromatic hydroxyl groups is 10. The lowest BCUT2D eigenvalue weighted by atomic mass is 9.90. The van der Waals surface area contributed by atoms with Gasteiger partial charge in [-0.25, -0.2) is 0 Å². The van der Waals surface area contributed by atoms with Crippen LogP contribution in [0.2, 0.25) is 0 Å². The molecule has 0 saturated carbocycles. The second-order valence-electron chi connectivity index (χ2n) is 14.9. The van der Waals surface area contributed by atoms with Gasteiger partial charge >= 0.3 is 0 Å². The minimum Gasteiger partial charge on any atom is -0.508 e. The van der Waals surface area contributed by atoms with Crippen molar-refractivity contribution in [2.24, 2.45) is 0 Å². The summed E-state index contributed by atoms with van der Waals surface area (Å²) in [5, 5.41) is 116. The molecule has 8 aromatic rings. The van der Waals surface area contributed by atoms with E-state index in [0.29, 0.717) is 55.1 Å². The molecule has 0 amide bonds. The highest BCUT2D eigenvalue weighted by molar-refractivity contribution is 6.09. The normalized spacial score (nSPS) is 12.8. The zero-order chi connectivity index (χ0) is 40.2. The first-order valence-electron chi connectivity index (χ1n) is 18.1. The third kappa shape index (κ3) is 5.49. The Labute approximate surface area is 324 Å². The van der Waals surface area contributed by atoms with Gasteiger partial charge in [-0.05, 0) is 100 Å². The number of hydrogen-bond acceptors (Lipinski definition) is 11. The SMILES string of the molecule is COc1cc2c(O)c3cc4c(O)c(cc(C)c4cc13)Cc1cc(c(O)cc1O)Cc1cc(O)c3cc4c(O)cc(c(O)c4cc3c1O)Cc1cc(c(O)cc1O)C2. The van der Waals surface area contributed by atoms with Crippen molar-refractivity contribution in [2.75, 3.05) is 7.11 Å². The number of rotatable bonds is 1. The van der Waals surface area contributed by atoms with E-state index < -0.39 is 0 Å². The average molecular weight is 765 g/mol. The van der Waals surface area contributed by atoms with Crippen molar-refractivity contribution in [2.45, 2.75) is 32.6 Å². The summed E-state index contributed by atoms with van der Waals surface area (Å²) in [7, 11) is 1.50. The first-order chi connectivity index (χ1) is 27.2. The molecule has 0 atom stereocenters. The molecule has 11 nitrogen and oxygen atoms in total. The highest BCUT2D eigenvalue weighted by atomic mass is 16.5. The predicted octanol–water partition coefficient (Wildman–Crippen LogP) is 8.35. The molecular weight excluding hydrogens is 728 g/mol. The van der Waals surface area contributed by atoms with Gasteiger partial charge in [-0.1, -0.05) is 6.07 Å². The van der Waals surface area contributed by atoms with Gasteiger partial charge in [0, 0.05) is 92.2 Å². The molecule has 0 aromatic heterocycles. The van der Waals surface area contributed by atoms with Gasteiger partial charge in [-0.3, -0.25) is 0 Å². The fraction of sp³-hybridized carbons (Fsp3) is 0.130. The monoisotopic (exact) mass is 764 g/mol. The molecule has 57 heavy (non-hydrogen) atoms. The van der Waals surface area contributed by atoms with Gasteiger partial charge in [0.05, 0.1) is 7.11 Å². The summed E-state index contributed by atoms with van der Waals surface area (Å²) in [5.41, 5.74) is 3.31. The Morgan fingerprint density at radius 3 is 1.07 bits per heavy atom. The van der Waals surface area contributed by atoms with Gasteiger partial charge in [-0.2, -0.15) is 0 Å². The second kappa shape index (κ2) is 12.6. The van der Waals surface area contributed by atoms with Crippen molar-refractivity contribution >= 4 is 43.1 Å². The molecule has 9 rings (SSSR count). The van der Waals surface area contributed by atoms with Gasteiger partial charge in [0.25, 0.3) is 0 Å². The Morgan fingerprint density at radius 1 is 0.316 bits per heavy atom. The number of phenolic OH excluding ortho intramolecular Hbond substituents is 10. The Bertz CT molecular complexity index is 3080. The van der Waals surface area contributed by atoms with Crippen LogP contribution in [0.25, 0.3) is 43.1 Å². The van der Waals surface area contributed by atoms with Crippen LogP contribution in [0.4, 0.5) is 0 Å². The third-order valence-electron chi connectivity index (χ3n) is 11.4. The summed E-state index contributed by atoms with van der Waals surface area (Å²) in [4.78, 5) is 0. The topological polar surface area (TPSA) is 212 Å². The van der Waals surface area contributed by atoms with Crippen molar-refractivity contribution in [3.8, 4) is 63.2 Å². The number of ether oxygens (including phenoxy) is 1. The van der Waals surface area contributed by atoms with Gasteiger partial charge in [0.1, 0.15) is 63.2 Å². The minimum absolute atomic E-state index is 0.0190. The smallest absolute Gasteiger partial charge is 0.127 e. The fourth-order valence-corrected chi connectivity index (χ4v) is 8.40.